The van der Waals surface area contributed by atoms with Crippen LogP contribution in [0.1, 0.15) is 12.5 Å². The van der Waals surface area contributed by atoms with Gasteiger partial charge in [0.25, 0.3) is 0 Å². The molecule has 14 nitrogen and oxygen atoms in total. The molecule has 1 aromatic carbocycles. The fourth-order valence-corrected chi connectivity index (χ4v) is 5.11. The monoisotopic (exact) mass is 696 g/mol. The Morgan fingerprint density at radius 1 is 0.812 bits per heavy atom. The van der Waals surface area contributed by atoms with Gasteiger partial charge in [-0.15, -0.1) is 0 Å². The molecule has 0 bridgehead atoms. The number of aliphatic hydroxyl groups is 1. The Hall–Kier alpha value is -3.58. The van der Waals surface area contributed by atoms with Crippen molar-refractivity contribution in [3.05, 3.63) is 29.8 Å². The number of carboxylic acid groups (broad SMARTS) is 2. The normalized spacial score (nSPS) is 17.9. The lowest BCUT2D eigenvalue weighted by Gasteiger charge is -2.37. The number of carbonyl (C=O) groups excluding carboxylic acids is 2. The number of esters is 2. The molecule has 1 unspecified atom stereocenters. The third-order valence-electron chi connectivity index (χ3n) is 7.72. The first-order valence-electron chi connectivity index (χ1n) is 15.3. The summed E-state index contributed by atoms with van der Waals surface area (Å²) in [5.74, 6) is -7.96. The molecule has 0 spiro atoms. The number of alkyl halides is 4. The van der Waals surface area contributed by atoms with E-state index < -0.39 is 61.5 Å². The van der Waals surface area contributed by atoms with Gasteiger partial charge in [-0.2, -0.15) is 8.78 Å². The lowest BCUT2D eigenvalue weighted by Crippen LogP contribution is -2.54. The Labute approximate surface area is 275 Å². The number of carboxylic acids is 2. The summed E-state index contributed by atoms with van der Waals surface area (Å²) in [4.78, 5) is 55.7. The molecule has 48 heavy (non-hydrogen) atoms. The van der Waals surface area contributed by atoms with Gasteiger partial charge in [-0.3, -0.25) is 38.8 Å². The van der Waals surface area contributed by atoms with E-state index in [2.05, 4.69) is 0 Å². The van der Waals surface area contributed by atoms with Crippen molar-refractivity contribution in [1.29, 1.82) is 0 Å². The summed E-state index contributed by atoms with van der Waals surface area (Å²) in [5, 5.41) is 29.1. The van der Waals surface area contributed by atoms with Crippen LogP contribution in [0, 0.1) is 0 Å². The zero-order valence-electron chi connectivity index (χ0n) is 26.9. The van der Waals surface area contributed by atoms with Crippen LogP contribution in [-0.2, 0) is 35.1 Å². The molecular formula is C30H44F4N4O10. The molecular weight excluding hydrogens is 652 g/mol. The van der Waals surface area contributed by atoms with Crippen LogP contribution in [0.2, 0.25) is 0 Å². The molecule has 0 amide bonds. The fraction of sp³-hybridized carbons (Fsp3) is 0.667. The Kier molecular flexibility index (Phi) is 17.0. The number of benzene rings is 1. The molecule has 1 heterocycles. The van der Waals surface area contributed by atoms with Gasteiger partial charge in [0, 0.05) is 52.4 Å². The van der Waals surface area contributed by atoms with Crippen LogP contribution in [0.5, 0.6) is 5.75 Å². The number of carbonyl (C=O) groups is 4. The molecule has 1 saturated heterocycles. The molecule has 1 aliphatic heterocycles. The average Bonchev–Trinajstić information content (AvgIpc) is 3.02. The van der Waals surface area contributed by atoms with Gasteiger partial charge in [-0.05, 0) is 31.0 Å². The second kappa shape index (κ2) is 20.1. The van der Waals surface area contributed by atoms with Gasteiger partial charge in [0.2, 0.25) is 0 Å². The molecule has 18 heteroatoms. The van der Waals surface area contributed by atoms with Gasteiger partial charge < -0.3 is 29.5 Å². The van der Waals surface area contributed by atoms with Gasteiger partial charge in [0.1, 0.15) is 17.8 Å². The number of methoxy groups -OCH3 is 1. The molecule has 1 aliphatic rings. The number of hydrogen-bond donors (Lipinski definition) is 3. The zero-order chi connectivity index (χ0) is 35.9. The maximum Gasteiger partial charge on any atom is 0.340 e. The molecule has 272 valence electrons. The van der Waals surface area contributed by atoms with Crippen molar-refractivity contribution in [2.75, 3.05) is 92.4 Å². The van der Waals surface area contributed by atoms with Crippen LogP contribution in [0.4, 0.5) is 17.6 Å². The topological polar surface area (TPSA) is 170 Å². The fourth-order valence-electron chi connectivity index (χ4n) is 5.11. The summed E-state index contributed by atoms with van der Waals surface area (Å²) in [6.45, 7) is -0.0579. The third kappa shape index (κ3) is 13.5. The van der Waals surface area contributed by atoms with Crippen molar-refractivity contribution < 1.29 is 66.3 Å². The van der Waals surface area contributed by atoms with E-state index in [-0.39, 0.29) is 84.2 Å². The van der Waals surface area contributed by atoms with E-state index in [1.807, 2.05) is 0 Å². The molecule has 2 atom stereocenters. The van der Waals surface area contributed by atoms with Crippen molar-refractivity contribution in [1.82, 2.24) is 19.6 Å². The second-order valence-corrected chi connectivity index (χ2v) is 11.1. The molecule has 2 rings (SSSR count). The lowest BCUT2D eigenvalue weighted by atomic mass is 10.0. The highest BCUT2D eigenvalue weighted by Gasteiger charge is 2.41. The van der Waals surface area contributed by atoms with Gasteiger partial charge in [-0.25, -0.2) is 8.78 Å². The van der Waals surface area contributed by atoms with Gasteiger partial charge in [-0.1, -0.05) is 12.1 Å². The zero-order valence-corrected chi connectivity index (χ0v) is 26.9. The highest BCUT2D eigenvalue weighted by molar-refractivity contribution is 5.76. The van der Waals surface area contributed by atoms with E-state index in [0.717, 1.165) is 0 Å². The molecule has 1 aromatic rings. The van der Waals surface area contributed by atoms with Crippen molar-refractivity contribution in [2.45, 2.75) is 37.8 Å². The number of nitrogens with zero attached hydrogens (tertiary/aromatic N) is 4. The second-order valence-electron chi connectivity index (χ2n) is 11.1. The Morgan fingerprint density at radius 2 is 1.29 bits per heavy atom. The van der Waals surface area contributed by atoms with E-state index in [4.69, 9.17) is 14.2 Å². The predicted molar refractivity (Wildman–Crippen MR) is 161 cm³/mol. The number of ether oxygens (including phenoxy) is 3. The van der Waals surface area contributed by atoms with E-state index in [1.165, 1.54) is 31.4 Å². The molecule has 1 fully saturated rings. The van der Waals surface area contributed by atoms with E-state index >= 15 is 0 Å². The summed E-state index contributed by atoms with van der Waals surface area (Å²) in [7, 11) is 1.17. The SMILES string of the molecule is CCOC(=O)C(Cc1ccc(OCC(F)(F)C(F)F)cc1)N1CCN(CC(=O)O)CCN([C@@H](CO)C(=O)OC)CCN(CC(=O)O)CC1. The van der Waals surface area contributed by atoms with Gasteiger partial charge >= 0.3 is 36.2 Å². The summed E-state index contributed by atoms with van der Waals surface area (Å²) < 4.78 is 66.6. The van der Waals surface area contributed by atoms with Crippen LogP contribution in [0.15, 0.2) is 24.3 Å². The highest BCUT2D eigenvalue weighted by Crippen LogP contribution is 2.25. The number of aliphatic hydroxyl groups excluding tert-OH is 1. The standard InChI is InChI=1S/C30H44F4N4O10/c1-3-47-28(45)23(16-21-4-6-22(7-5-21)48-20-30(33,34)29(31)32)37-12-8-35(17-25(40)41)10-14-38(24(19-39)27(44)46-2)15-11-36(9-13-37)18-26(42)43/h4-7,23-24,29,39H,3,8-20H2,1-2H3,(H,40,41)(H,42,43)/t23?,24-/m0/s1. The first kappa shape index (κ1) is 40.6. The molecule has 3 N–H and O–H groups in total. The smallest absolute Gasteiger partial charge is 0.340 e. The maximum absolute atomic E-state index is 13.3. The Bertz CT molecular complexity index is 1150. The van der Waals surface area contributed by atoms with Crippen LogP contribution < -0.4 is 4.74 Å². The van der Waals surface area contributed by atoms with E-state index in [0.29, 0.717) is 5.56 Å². The number of halogens is 4. The largest absolute Gasteiger partial charge is 0.487 e. The third-order valence-corrected chi connectivity index (χ3v) is 7.72. The van der Waals surface area contributed by atoms with Crippen LogP contribution in [0.3, 0.4) is 0 Å². The van der Waals surface area contributed by atoms with E-state index in [1.54, 1.807) is 26.5 Å². The van der Waals surface area contributed by atoms with Crippen molar-refractivity contribution in [3.63, 3.8) is 0 Å². The average molecular weight is 697 g/mol. The Morgan fingerprint density at radius 3 is 1.69 bits per heavy atom. The quantitative estimate of drug-likeness (QED) is 0.160. The number of aliphatic carboxylic acids is 2. The van der Waals surface area contributed by atoms with Crippen LogP contribution in [-0.4, -0.2) is 176 Å². The maximum atomic E-state index is 13.3. The number of hydrogen-bond acceptors (Lipinski definition) is 12. The van der Waals surface area contributed by atoms with Crippen molar-refractivity contribution in [2.24, 2.45) is 0 Å². The minimum absolute atomic E-state index is 0.0482. The molecule has 0 aromatic heterocycles. The Balaban J connectivity index is 2.37. The van der Waals surface area contributed by atoms with Crippen molar-refractivity contribution >= 4 is 23.9 Å². The highest BCUT2D eigenvalue weighted by atomic mass is 19.3. The van der Waals surface area contributed by atoms with Gasteiger partial charge in [0.15, 0.2) is 6.61 Å². The van der Waals surface area contributed by atoms with Crippen LogP contribution >= 0.6 is 0 Å². The minimum Gasteiger partial charge on any atom is -0.487 e. The minimum atomic E-state index is -4.34. The predicted octanol–water partition coefficient (Wildman–Crippen LogP) is 0.365. The lowest BCUT2D eigenvalue weighted by molar-refractivity contribution is -0.150. The summed E-state index contributed by atoms with van der Waals surface area (Å²) in [6, 6.07) is 3.59. The van der Waals surface area contributed by atoms with E-state index in [9.17, 15) is 52.1 Å². The first-order chi connectivity index (χ1) is 22.7. The molecule has 0 radical (unpaired) electrons. The van der Waals surface area contributed by atoms with Crippen molar-refractivity contribution in [3.8, 4) is 5.75 Å². The molecule has 0 aliphatic carbocycles. The van der Waals surface area contributed by atoms with Gasteiger partial charge in [0.05, 0.1) is 33.4 Å². The summed E-state index contributed by atoms with van der Waals surface area (Å²) >= 11 is 0. The first-order valence-corrected chi connectivity index (χ1v) is 15.3. The molecule has 0 saturated carbocycles. The summed E-state index contributed by atoms with van der Waals surface area (Å²) in [6.07, 6.45) is -3.84. The summed E-state index contributed by atoms with van der Waals surface area (Å²) in [5.41, 5.74) is 0.547. The van der Waals surface area contributed by atoms with Crippen LogP contribution in [0.25, 0.3) is 0 Å². The number of rotatable bonds is 16.